The van der Waals surface area contributed by atoms with Gasteiger partial charge in [0, 0.05) is 49.0 Å². The van der Waals surface area contributed by atoms with Crippen molar-refractivity contribution in [1.29, 1.82) is 0 Å². The maximum atomic E-state index is 13.2. The molecule has 1 aliphatic heterocycles. The Hall–Kier alpha value is -3.74. The van der Waals surface area contributed by atoms with E-state index in [0.29, 0.717) is 45.4 Å². The Morgan fingerprint density at radius 3 is 2.29 bits per heavy atom. The van der Waals surface area contributed by atoms with E-state index in [-0.39, 0.29) is 17.8 Å². The number of nitrogens with zero attached hydrogens (tertiary/aromatic N) is 2. The van der Waals surface area contributed by atoms with Gasteiger partial charge in [-0.05, 0) is 56.2 Å². The molecule has 1 aliphatic carbocycles. The Kier molecular flexibility index (Phi) is 7.72. The second-order valence-electron chi connectivity index (χ2n) is 9.98. The molecule has 200 valence electrons. The molecule has 7 heteroatoms. The molecule has 38 heavy (non-hydrogen) atoms. The van der Waals surface area contributed by atoms with E-state index in [4.69, 9.17) is 14.2 Å². The smallest absolute Gasteiger partial charge is 0.309 e. The summed E-state index contributed by atoms with van der Waals surface area (Å²) in [5.74, 6) is 1.32. The lowest BCUT2D eigenvalue weighted by Crippen LogP contribution is -2.40. The van der Waals surface area contributed by atoms with Crippen molar-refractivity contribution in [3.8, 4) is 28.4 Å². The van der Waals surface area contributed by atoms with Gasteiger partial charge in [-0.25, -0.2) is 0 Å². The lowest BCUT2D eigenvalue weighted by atomic mass is 9.90. The molecule has 1 amide bonds. The molecule has 0 bridgehead atoms. The van der Waals surface area contributed by atoms with Gasteiger partial charge in [0.15, 0.2) is 0 Å². The van der Waals surface area contributed by atoms with Crippen molar-refractivity contribution in [3.63, 3.8) is 0 Å². The van der Waals surface area contributed by atoms with Crippen LogP contribution in [-0.2, 0) is 33.6 Å². The van der Waals surface area contributed by atoms with Crippen LogP contribution in [0.1, 0.15) is 43.0 Å². The van der Waals surface area contributed by atoms with Crippen molar-refractivity contribution in [2.45, 2.75) is 45.4 Å². The van der Waals surface area contributed by atoms with Gasteiger partial charge in [-0.3, -0.25) is 9.59 Å². The molecule has 7 nitrogen and oxygen atoms in total. The van der Waals surface area contributed by atoms with E-state index in [1.807, 2.05) is 30.0 Å². The molecule has 0 radical (unpaired) electrons. The number of likely N-dealkylation sites (tertiary alicyclic amines) is 1. The second-order valence-corrected chi connectivity index (χ2v) is 9.98. The zero-order valence-electron chi connectivity index (χ0n) is 22.5. The number of methoxy groups -OCH3 is 2. The van der Waals surface area contributed by atoms with Crippen LogP contribution in [0.4, 0.5) is 0 Å². The predicted molar refractivity (Wildman–Crippen MR) is 146 cm³/mol. The number of aryl methyl sites for hydroxylation is 3. The number of ether oxygens (including phenoxy) is 3. The molecule has 1 aromatic heterocycles. The standard InChI is InChI=1S/C31H36N2O5/c1-4-38-31(35)22-13-15-32(16-14-22)29(34)12-11-24-17-23-10-9-21-7-5-6-8-28(21)30(23)33(24)25-18-26(36-2)20-27(19-25)37-3/h5-8,17-20,22H,4,9-16H2,1-3H3. The minimum Gasteiger partial charge on any atom is -0.497 e. The van der Waals surface area contributed by atoms with Crippen LogP contribution in [0.25, 0.3) is 16.9 Å². The first-order chi connectivity index (χ1) is 18.5. The summed E-state index contributed by atoms with van der Waals surface area (Å²) in [7, 11) is 3.31. The summed E-state index contributed by atoms with van der Waals surface area (Å²) in [5.41, 5.74) is 7.09. The van der Waals surface area contributed by atoms with E-state index < -0.39 is 0 Å². The van der Waals surface area contributed by atoms with Crippen LogP contribution in [0.5, 0.6) is 11.5 Å². The van der Waals surface area contributed by atoms with Crippen LogP contribution in [0.15, 0.2) is 48.5 Å². The normalized spacial score (nSPS) is 15.0. The lowest BCUT2D eigenvalue weighted by molar-refractivity contribution is -0.151. The fraction of sp³-hybridized carbons (Fsp3) is 0.419. The summed E-state index contributed by atoms with van der Waals surface area (Å²) in [6.07, 6.45) is 4.32. The number of benzene rings is 2. The summed E-state index contributed by atoms with van der Waals surface area (Å²) >= 11 is 0. The molecule has 0 spiro atoms. The summed E-state index contributed by atoms with van der Waals surface area (Å²) in [6.45, 7) is 3.41. The number of fused-ring (bicyclic) bond motifs is 3. The van der Waals surface area contributed by atoms with Gasteiger partial charge >= 0.3 is 5.97 Å². The van der Waals surface area contributed by atoms with Gasteiger partial charge in [-0.1, -0.05) is 24.3 Å². The predicted octanol–water partition coefficient (Wildman–Crippen LogP) is 4.99. The highest BCUT2D eigenvalue weighted by Crippen LogP contribution is 2.39. The fourth-order valence-corrected chi connectivity index (χ4v) is 5.76. The van der Waals surface area contributed by atoms with Crippen molar-refractivity contribution in [3.05, 3.63) is 65.4 Å². The molecule has 0 atom stereocenters. The Labute approximate surface area is 224 Å². The maximum Gasteiger partial charge on any atom is 0.309 e. The third-order valence-corrected chi connectivity index (χ3v) is 7.75. The molecule has 2 aliphatic rings. The molecule has 0 unspecified atom stereocenters. The molecule has 2 aromatic carbocycles. The largest absolute Gasteiger partial charge is 0.497 e. The summed E-state index contributed by atoms with van der Waals surface area (Å²) in [4.78, 5) is 27.2. The highest BCUT2D eigenvalue weighted by molar-refractivity contribution is 5.78. The minimum absolute atomic E-state index is 0.105. The van der Waals surface area contributed by atoms with Crippen LogP contribution in [0.2, 0.25) is 0 Å². The van der Waals surface area contributed by atoms with Gasteiger partial charge in [0.2, 0.25) is 5.91 Å². The first-order valence-corrected chi connectivity index (χ1v) is 13.5. The Bertz CT molecular complexity index is 1300. The zero-order valence-corrected chi connectivity index (χ0v) is 22.5. The van der Waals surface area contributed by atoms with Crippen LogP contribution < -0.4 is 9.47 Å². The van der Waals surface area contributed by atoms with Crippen molar-refractivity contribution in [1.82, 2.24) is 9.47 Å². The monoisotopic (exact) mass is 516 g/mol. The van der Waals surface area contributed by atoms with Gasteiger partial charge in [0.25, 0.3) is 0 Å². The Morgan fingerprint density at radius 2 is 1.61 bits per heavy atom. The number of rotatable bonds is 8. The Morgan fingerprint density at radius 1 is 0.921 bits per heavy atom. The first kappa shape index (κ1) is 25.9. The maximum absolute atomic E-state index is 13.2. The summed E-state index contributed by atoms with van der Waals surface area (Å²) < 4.78 is 18.6. The first-order valence-electron chi connectivity index (χ1n) is 13.5. The molecule has 1 saturated heterocycles. The third kappa shape index (κ3) is 5.15. The molecule has 3 aromatic rings. The van der Waals surface area contributed by atoms with Crippen LogP contribution in [0.3, 0.4) is 0 Å². The molecule has 5 rings (SSSR count). The van der Waals surface area contributed by atoms with Gasteiger partial charge in [0.05, 0.1) is 38.1 Å². The number of amides is 1. The lowest BCUT2D eigenvalue weighted by Gasteiger charge is -2.31. The average molecular weight is 517 g/mol. The van der Waals surface area contributed by atoms with Gasteiger partial charge in [0.1, 0.15) is 11.5 Å². The van der Waals surface area contributed by atoms with Crippen LogP contribution in [-0.4, -0.2) is 55.3 Å². The quantitative estimate of drug-likeness (QED) is 0.395. The molecule has 0 saturated carbocycles. The number of aromatic nitrogens is 1. The number of esters is 1. The molecule has 0 N–H and O–H groups in total. The van der Waals surface area contributed by atoms with Crippen molar-refractivity contribution in [2.24, 2.45) is 5.92 Å². The summed E-state index contributed by atoms with van der Waals surface area (Å²) in [6, 6.07) is 16.7. The number of hydrogen-bond acceptors (Lipinski definition) is 5. The van der Waals surface area contributed by atoms with Crippen LogP contribution >= 0.6 is 0 Å². The molecule has 1 fully saturated rings. The van der Waals surface area contributed by atoms with E-state index >= 15 is 0 Å². The number of piperidine rings is 1. The Balaban J connectivity index is 1.42. The van der Waals surface area contributed by atoms with E-state index in [2.05, 4.69) is 34.9 Å². The SMILES string of the molecule is CCOC(=O)C1CCN(C(=O)CCc2cc3c(n2-c2cc(OC)cc(OC)c2)-c2ccccc2CC3)CC1. The highest BCUT2D eigenvalue weighted by Gasteiger charge is 2.29. The van der Waals surface area contributed by atoms with Crippen molar-refractivity contribution < 1.29 is 23.8 Å². The molecular weight excluding hydrogens is 480 g/mol. The van der Waals surface area contributed by atoms with Crippen LogP contribution in [0, 0.1) is 5.92 Å². The fourth-order valence-electron chi connectivity index (χ4n) is 5.76. The number of carbonyl (C=O) groups excluding carboxylic acids is 2. The topological polar surface area (TPSA) is 70.0 Å². The minimum atomic E-state index is -0.142. The van der Waals surface area contributed by atoms with E-state index in [1.54, 1.807) is 14.2 Å². The van der Waals surface area contributed by atoms with Crippen molar-refractivity contribution in [2.75, 3.05) is 33.9 Å². The van der Waals surface area contributed by atoms with Gasteiger partial charge in [-0.2, -0.15) is 0 Å². The van der Waals surface area contributed by atoms with E-state index in [9.17, 15) is 9.59 Å². The molecular formula is C31H36N2O5. The number of carbonyl (C=O) groups is 2. The highest BCUT2D eigenvalue weighted by atomic mass is 16.5. The summed E-state index contributed by atoms with van der Waals surface area (Å²) in [5, 5.41) is 0. The van der Waals surface area contributed by atoms with E-state index in [1.165, 1.54) is 22.4 Å². The second kappa shape index (κ2) is 11.3. The average Bonchev–Trinajstić information content (AvgIpc) is 3.35. The molecule has 2 heterocycles. The number of hydrogen-bond donors (Lipinski definition) is 0. The van der Waals surface area contributed by atoms with E-state index in [0.717, 1.165) is 35.7 Å². The zero-order chi connectivity index (χ0) is 26.6. The van der Waals surface area contributed by atoms with Gasteiger partial charge < -0.3 is 23.7 Å². The van der Waals surface area contributed by atoms with Gasteiger partial charge in [-0.15, -0.1) is 0 Å². The third-order valence-electron chi connectivity index (χ3n) is 7.75. The van der Waals surface area contributed by atoms with Crippen molar-refractivity contribution >= 4 is 11.9 Å².